The molecule has 0 saturated carbocycles. The number of nitrogens with one attached hydrogen (secondary N) is 1. The highest BCUT2D eigenvalue weighted by Crippen LogP contribution is 2.38. The Kier molecular flexibility index (Phi) is 3.10. The maximum atomic E-state index is 14.1. The van der Waals surface area contributed by atoms with Gasteiger partial charge in [0.1, 0.15) is 23.5 Å². The second kappa shape index (κ2) is 4.59. The van der Waals surface area contributed by atoms with Crippen molar-refractivity contribution in [2.24, 2.45) is 0 Å². The van der Waals surface area contributed by atoms with E-state index in [9.17, 15) is 4.39 Å². The molecule has 0 aromatic heterocycles. The lowest BCUT2D eigenvalue weighted by molar-refractivity contribution is 0.565. The standard InChI is InChI=1S/C15H12FN3/c1-15(2)4-3-11-5-12(6-13(16)14(11)15)19-9-10(7-17)8-18/h3-6,9,19H,1-2H3. The summed E-state index contributed by atoms with van der Waals surface area (Å²) in [5, 5.41) is 20.0. The highest BCUT2D eigenvalue weighted by molar-refractivity contribution is 5.69. The van der Waals surface area contributed by atoms with Crippen molar-refractivity contribution in [1.29, 1.82) is 10.5 Å². The van der Waals surface area contributed by atoms with Crippen LogP contribution in [0, 0.1) is 28.5 Å². The van der Waals surface area contributed by atoms with E-state index >= 15 is 0 Å². The Balaban J connectivity index is 2.36. The zero-order chi connectivity index (χ0) is 14.0. The molecule has 0 bridgehead atoms. The van der Waals surface area contributed by atoms with E-state index in [1.165, 1.54) is 12.3 Å². The molecule has 0 heterocycles. The van der Waals surface area contributed by atoms with Gasteiger partial charge < -0.3 is 5.32 Å². The van der Waals surface area contributed by atoms with Gasteiger partial charge in [0, 0.05) is 22.9 Å². The van der Waals surface area contributed by atoms with E-state index in [-0.39, 0.29) is 16.8 Å². The monoisotopic (exact) mass is 253 g/mol. The van der Waals surface area contributed by atoms with Crippen molar-refractivity contribution >= 4 is 11.8 Å². The van der Waals surface area contributed by atoms with Crippen LogP contribution in [0.4, 0.5) is 10.1 Å². The molecule has 0 amide bonds. The van der Waals surface area contributed by atoms with Gasteiger partial charge in [0.2, 0.25) is 0 Å². The van der Waals surface area contributed by atoms with Crippen molar-refractivity contribution in [3.63, 3.8) is 0 Å². The van der Waals surface area contributed by atoms with E-state index in [1.807, 2.05) is 26.0 Å². The molecule has 1 aromatic rings. The van der Waals surface area contributed by atoms with Gasteiger partial charge in [-0.1, -0.05) is 26.0 Å². The van der Waals surface area contributed by atoms with Gasteiger partial charge >= 0.3 is 0 Å². The van der Waals surface area contributed by atoms with Crippen molar-refractivity contribution < 1.29 is 4.39 Å². The molecule has 1 N–H and O–H groups in total. The fraction of sp³-hybridized carbons (Fsp3) is 0.200. The molecule has 0 fully saturated rings. The van der Waals surface area contributed by atoms with E-state index in [0.29, 0.717) is 11.3 Å². The predicted octanol–water partition coefficient (Wildman–Crippen LogP) is 3.47. The number of allylic oxidation sites excluding steroid dienone is 2. The molecular weight excluding hydrogens is 241 g/mol. The van der Waals surface area contributed by atoms with Crippen LogP contribution in [0.3, 0.4) is 0 Å². The fourth-order valence-electron chi connectivity index (χ4n) is 2.15. The average Bonchev–Trinajstić information content (AvgIpc) is 2.67. The maximum Gasteiger partial charge on any atom is 0.145 e. The Morgan fingerprint density at radius 3 is 2.63 bits per heavy atom. The largest absolute Gasteiger partial charge is 0.360 e. The number of hydrogen-bond acceptors (Lipinski definition) is 3. The number of anilines is 1. The molecule has 94 valence electrons. The van der Waals surface area contributed by atoms with Crippen LogP contribution in [-0.4, -0.2) is 0 Å². The first-order valence-corrected chi connectivity index (χ1v) is 5.78. The molecule has 4 heteroatoms. The van der Waals surface area contributed by atoms with E-state index in [0.717, 1.165) is 5.56 Å². The predicted molar refractivity (Wildman–Crippen MR) is 71.4 cm³/mol. The van der Waals surface area contributed by atoms with Gasteiger partial charge in [0.15, 0.2) is 0 Å². The van der Waals surface area contributed by atoms with Crippen LogP contribution >= 0.6 is 0 Å². The molecule has 1 aliphatic rings. The third-order valence-corrected chi connectivity index (χ3v) is 3.07. The van der Waals surface area contributed by atoms with Gasteiger partial charge in [-0.25, -0.2) is 4.39 Å². The van der Waals surface area contributed by atoms with Crippen LogP contribution in [0.15, 0.2) is 30.0 Å². The summed E-state index contributed by atoms with van der Waals surface area (Å²) in [7, 11) is 0. The third-order valence-electron chi connectivity index (χ3n) is 3.07. The average molecular weight is 253 g/mol. The van der Waals surface area contributed by atoms with E-state index in [4.69, 9.17) is 10.5 Å². The molecule has 0 saturated heterocycles. The number of halogens is 1. The molecule has 1 aromatic carbocycles. The number of rotatable bonds is 2. The van der Waals surface area contributed by atoms with Gasteiger partial charge in [-0.15, -0.1) is 0 Å². The molecule has 0 aliphatic heterocycles. The van der Waals surface area contributed by atoms with Crippen LogP contribution in [0.5, 0.6) is 0 Å². The molecule has 0 unspecified atom stereocenters. The first-order valence-electron chi connectivity index (χ1n) is 5.78. The topological polar surface area (TPSA) is 59.6 Å². The van der Waals surface area contributed by atoms with Crippen LogP contribution < -0.4 is 5.32 Å². The van der Waals surface area contributed by atoms with Crippen LogP contribution in [0.1, 0.15) is 25.0 Å². The molecule has 1 aliphatic carbocycles. The van der Waals surface area contributed by atoms with Crippen molar-refractivity contribution in [2.45, 2.75) is 19.3 Å². The minimum absolute atomic E-state index is 0.0585. The van der Waals surface area contributed by atoms with Crippen LogP contribution in [0.25, 0.3) is 6.08 Å². The second-order valence-electron chi connectivity index (χ2n) is 4.90. The van der Waals surface area contributed by atoms with Gasteiger partial charge in [0.05, 0.1) is 0 Å². The molecule has 19 heavy (non-hydrogen) atoms. The summed E-state index contributed by atoms with van der Waals surface area (Å²) in [4.78, 5) is 0. The summed E-state index contributed by atoms with van der Waals surface area (Å²) in [6.07, 6.45) is 5.10. The first-order chi connectivity index (χ1) is 8.97. The number of fused-ring (bicyclic) bond motifs is 1. The summed E-state index contributed by atoms with van der Waals surface area (Å²) in [5.41, 5.74) is 1.63. The zero-order valence-electron chi connectivity index (χ0n) is 10.7. The smallest absolute Gasteiger partial charge is 0.145 e. The Bertz CT molecular complexity index is 654. The Hall–Kier alpha value is -2.59. The highest BCUT2D eigenvalue weighted by atomic mass is 19.1. The van der Waals surface area contributed by atoms with E-state index in [2.05, 4.69) is 5.32 Å². The summed E-state index contributed by atoms with van der Waals surface area (Å²) in [6, 6.07) is 6.63. The molecule has 0 atom stereocenters. The summed E-state index contributed by atoms with van der Waals surface area (Å²) < 4.78 is 14.1. The van der Waals surface area contributed by atoms with Crippen molar-refractivity contribution in [2.75, 3.05) is 5.32 Å². The van der Waals surface area contributed by atoms with Crippen LogP contribution in [-0.2, 0) is 5.41 Å². The highest BCUT2D eigenvalue weighted by Gasteiger charge is 2.28. The summed E-state index contributed by atoms with van der Waals surface area (Å²) >= 11 is 0. The number of nitriles is 2. The molecule has 0 radical (unpaired) electrons. The minimum atomic E-state index is -0.307. The lowest BCUT2D eigenvalue weighted by Gasteiger charge is -2.19. The number of hydrogen-bond donors (Lipinski definition) is 1. The zero-order valence-corrected chi connectivity index (χ0v) is 10.7. The van der Waals surface area contributed by atoms with E-state index in [1.54, 1.807) is 18.2 Å². The van der Waals surface area contributed by atoms with Crippen molar-refractivity contribution in [1.82, 2.24) is 0 Å². The maximum absolute atomic E-state index is 14.1. The lowest BCUT2D eigenvalue weighted by atomic mass is 9.86. The quantitative estimate of drug-likeness (QED) is 0.821. The van der Waals surface area contributed by atoms with Gasteiger partial charge in [-0.3, -0.25) is 0 Å². The number of nitrogens with zero attached hydrogens (tertiary/aromatic N) is 2. The summed E-state index contributed by atoms with van der Waals surface area (Å²) in [5.74, 6) is -0.293. The molecule has 2 rings (SSSR count). The Morgan fingerprint density at radius 1 is 1.32 bits per heavy atom. The first kappa shape index (κ1) is 12.9. The minimum Gasteiger partial charge on any atom is -0.360 e. The van der Waals surface area contributed by atoms with E-state index < -0.39 is 0 Å². The number of benzene rings is 1. The fourth-order valence-corrected chi connectivity index (χ4v) is 2.15. The Labute approximate surface area is 111 Å². The van der Waals surface area contributed by atoms with Crippen molar-refractivity contribution in [3.05, 3.63) is 46.9 Å². The second-order valence-corrected chi connectivity index (χ2v) is 4.90. The molecule has 0 spiro atoms. The normalized spacial score (nSPS) is 14.2. The van der Waals surface area contributed by atoms with Gasteiger partial charge in [-0.05, 0) is 17.7 Å². The van der Waals surface area contributed by atoms with Crippen molar-refractivity contribution in [3.8, 4) is 12.1 Å². The van der Waals surface area contributed by atoms with Crippen LogP contribution in [0.2, 0.25) is 0 Å². The molecular formula is C15H12FN3. The van der Waals surface area contributed by atoms with Gasteiger partial charge in [-0.2, -0.15) is 10.5 Å². The lowest BCUT2D eigenvalue weighted by Crippen LogP contribution is -2.13. The SMILES string of the molecule is CC1(C)C=Cc2cc(NC=C(C#N)C#N)cc(F)c21. The third kappa shape index (κ3) is 2.34. The van der Waals surface area contributed by atoms with Gasteiger partial charge in [0.25, 0.3) is 0 Å². The summed E-state index contributed by atoms with van der Waals surface area (Å²) in [6.45, 7) is 3.91. The Morgan fingerprint density at radius 2 is 2.00 bits per heavy atom. The molecule has 3 nitrogen and oxygen atoms in total.